The van der Waals surface area contributed by atoms with Gasteiger partial charge in [-0.05, 0) is 42.8 Å². The molecule has 0 bridgehead atoms. The molecule has 2 aromatic rings. The largest absolute Gasteiger partial charge is 0.458 e. The van der Waals surface area contributed by atoms with E-state index in [1.54, 1.807) is 43.3 Å². The summed E-state index contributed by atoms with van der Waals surface area (Å²) in [7, 11) is 0. The zero-order valence-electron chi connectivity index (χ0n) is 18.2. The summed E-state index contributed by atoms with van der Waals surface area (Å²) < 4.78 is 6.20. The number of nitrogens with one attached hydrogen (secondary N) is 2. The average molecular weight is 559 g/mol. The molecule has 174 valence electrons. The molecule has 0 aromatic heterocycles. The monoisotopic (exact) mass is 557 g/mol. The third-order valence-electron chi connectivity index (χ3n) is 4.89. The number of hydrogen-bond donors (Lipinski definition) is 2. The van der Waals surface area contributed by atoms with Crippen LogP contribution in [0, 0.1) is 11.3 Å². The number of hydrogen-bond acceptors (Lipinski definition) is 6. The number of allylic oxidation sites excluding steroid dienone is 2. The van der Waals surface area contributed by atoms with Crippen LogP contribution in [-0.4, -0.2) is 24.2 Å². The van der Waals surface area contributed by atoms with E-state index in [4.69, 9.17) is 16.3 Å². The van der Waals surface area contributed by atoms with Gasteiger partial charge in [0.25, 0.3) is 0 Å². The predicted octanol–water partition coefficient (Wildman–Crippen LogP) is 5.90. The van der Waals surface area contributed by atoms with Gasteiger partial charge < -0.3 is 15.4 Å². The Labute approximate surface area is 215 Å². The highest BCUT2D eigenvalue weighted by atomic mass is 79.9. The first-order chi connectivity index (χ1) is 16.3. The fourth-order valence-electron chi connectivity index (χ4n) is 3.40. The lowest BCUT2D eigenvalue weighted by Gasteiger charge is -2.29. The normalized spacial score (nSPS) is 15.3. The Bertz CT molecular complexity index is 1220. The van der Waals surface area contributed by atoms with Gasteiger partial charge in [-0.1, -0.05) is 70.1 Å². The lowest BCUT2D eigenvalue weighted by molar-refractivity contribution is -0.138. The van der Waals surface area contributed by atoms with Gasteiger partial charge in [-0.25, -0.2) is 4.79 Å². The van der Waals surface area contributed by atoms with E-state index in [0.29, 0.717) is 27.0 Å². The minimum atomic E-state index is -0.741. The van der Waals surface area contributed by atoms with Crippen molar-refractivity contribution in [3.8, 4) is 6.07 Å². The number of dihydropyridines is 1. The molecule has 0 radical (unpaired) electrons. The highest BCUT2D eigenvalue weighted by Crippen LogP contribution is 2.43. The molecule has 0 saturated heterocycles. The molecular weight excluding hydrogens is 538 g/mol. The van der Waals surface area contributed by atoms with Crippen molar-refractivity contribution < 1.29 is 14.3 Å². The van der Waals surface area contributed by atoms with Crippen molar-refractivity contribution in [1.82, 2.24) is 5.32 Å². The second kappa shape index (κ2) is 11.9. The number of carbonyl (C=O) groups excluding carboxylic acids is 2. The molecule has 2 aromatic carbocycles. The van der Waals surface area contributed by atoms with Crippen molar-refractivity contribution in [3.63, 3.8) is 0 Å². The van der Waals surface area contributed by atoms with Crippen LogP contribution >= 0.6 is 39.3 Å². The summed E-state index contributed by atoms with van der Waals surface area (Å²) in [6.45, 7) is 5.33. The number of nitriles is 1. The number of nitrogens with zero attached hydrogens (tertiary/aromatic N) is 1. The molecule has 2 N–H and O–H groups in total. The van der Waals surface area contributed by atoms with Crippen LogP contribution in [0.5, 0.6) is 0 Å². The van der Waals surface area contributed by atoms with Crippen LogP contribution in [0.2, 0.25) is 5.02 Å². The van der Waals surface area contributed by atoms with E-state index < -0.39 is 11.9 Å². The maximum Gasteiger partial charge on any atom is 0.337 e. The van der Waals surface area contributed by atoms with Gasteiger partial charge in [0.05, 0.1) is 33.9 Å². The smallest absolute Gasteiger partial charge is 0.337 e. The maximum absolute atomic E-state index is 12.9. The Morgan fingerprint density at radius 3 is 2.65 bits per heavy atom. The lowest BCUT2D eigenvalue weighted by Crippen LogP contribution is -2.29. The Morgan fingerprint density at radius 2 is 2.00 bits per heavy atom. The number of benzene rings is 2. The topological polar surface area (TPSA) is 91.2 Å². The highest BCUT2D eigenvalue weighted by molar-refractivity contribution is 9.10. The molecular formula is C25H21BrClN3O3S. The fourth-order valence-corrected chi connectivity index (χ4v) is 4.80. The zero-order chi connectivity index (χ0) is 24.7. The van der Waals surface area contributed by atoms with E-state index in [-0.39, 0.29) is 29.4 Å². The Hall–Kier alpha value is -2.99. The van der Waals surface area contributed by atoms with Crippen molar-refractivity contribution in [2.24, 2.45) is 0 Å². The van der Waals surface area contributed by atoms with E-state index >= 15 is 0 Å². The summed E-state index contributed by atoms with van der Waals surface area (Å²) in [4.78, 5) is 25.4. The molecule has 9 heteroatoms. The molecule has 1 unspecified atom stereocenters. The number of anilines is 1. The van der Waals surface area contributed by atoms with Gasteiger partial charge in [-0.15, -0.1) is 0 Å². The van der Waals surface area contributed by atoms with Crippen molar-refractivity contribution in [3.05, 3.63) is 98.1 Å². The zero-order valence-corrected chi connectivity index (χ0v) is 21.4. The summed E-state index contributed by atoms with van der Waals surface area (Å²) >= 11 is 11.0. The average Bonchev–Trinajstić information content (AvgIpc) is 2.82. The van der Waals surface area contributed by atoms with E-state index in [9.17, 15) is 14.9 Å². The second-order valence-electron chi connectivity index (χ2n) is 7.20. The van der Waals surface area contributed by atoms with Gasteiger partial charge in [0.2, 0.25) is 5.91 Å². The molecule has 0 saturated carbocycles. The summed E-state index contributed by atoms with van der Waals surface area (Å²) in [6.07, 6.45) is 1.47. The fraction of sp³-hybridized carbons (Fsp3) is 0.160. The van der Waals surface area contributed by atoms with E-state index in [1.807, 2.05) is 12.1 Å². The molecule has 6 nitrogen and oxygen atoms in total. The molecule has 1 aliphatic heterocycles. The van der Waals surface area contributed by atoms with Crippen LogP contribution in [0.25, 0.3) is 0 Å². The molecule has 1 aliphatic rings. The number of halogens is 2. The summed E-state index contributed by atoms with van der Waals surface area (Å²) in [6, 6.07) is 16.5. The molecule has 0 aliphatic carbocycles. The van der Waals surface area contributed by atoms with Crippen LogP contribution in [0.15, 0.2) is 87.5 Å². The lowest BCUT2D eigenvalue weighted by atomic mass is 9.82. The third-order valence-corrected chi connectivity index (χ3v) is 6.78. The number of esters is 1. The molecule has 1 atom stereocenters. The quantitative estimate of drug-likeness (QED) is 0.310. The number of thioether (sulfide) groups is 1. The number of carbonyl (C=O) groups is 2. The minimum absolute atomic E-state index is 0.0360. The van der Waals surface area contributed by atoms with E-state index in [2.05, 4.69) is 39.2 Å². The molecule has 3 rings (SSSR count). The van der Waals surface area contributed by atoms with Crippen molar-refractivity contribution >= 4 is 56.9 Å². The van der Waals surface area contributed by atoms with E-state index in [1.165, 1.54) is 17.8 Å². The predicted molar refractivity (Wildman–Crippen MR) is 139 cm³/mol. The van der Waals surface area contributed by atoms with Crippen LogP contribution < -0.4 is 10.6 Å². The SMILES string of the molecule is C=CCOC(=O)C1=C(C)NC(SCC(=O)Nc2ccc(Br)cc2)=C(C#N)C1c1ccccc1Cl. The summed E-state index contributed by atoms with van der Waals surface area (Å²) in [5.41, 5.74) is 2.36. The number of rotatable bonds is 8. The van der Waals surface area contributed by atoms with E-state index in [0.717, 1.165) is 4.47 Å². The first-order valence-corrected chi connectivity index (χ1v) is 12.3. The minimum Gasteiger partial charge on any atom is -0.458 e. The van der Waals surface area contributed by atoms with Gasteiger partial charge in [0.1, 0.15) is 6.61 Å². The maximum atomic E-state index is 12.9. The highest BCUT2D eigenvalue weighted by Gasteiger charge is 2.36. The van der Waals surface area contributed by atoms with Gasteiger partial charge in [0.15, 0.2) is 0 Å². The molecule has 1 amide bonds. The standard InChI is InChI=1S/C25H21BrClN3O3S/c1-3-12-33-25(32)22-15(2)29-24(19(13-28)23(22)18-6-4-5-7-20(18)27)34-14-21(31)30-17-10-8-16(26)9-11-17/h3-11,23,29H,1,12,14H2,2H3,(H,30,31). The van der Waals surface area contributed by atoms with Crippen LogP contribution in [0.3, 0.4) is 0 Å². The first kappa shape index (κ1) is 25.6. The third kappa shape index (κ3) is 6.11. The Morgan fingerprint density at radius 1 is 1.29 bits per heavy atom. The van der Waals surface area contributed by atoms with Crippen molar-refractivity contribution in [2.75, 3.05) is 17.7 Å². The van der Waals surface area contributed by atoms with Crippen LogP contribution in [0.4, 0.5) is 5.69 Å². The van der Waals surface area contributed by atoms with Gasteiger partial charge in [-0.2, -0.15) is 5.26 Å². The summed E-state index contributed by atoms with van der Waals surface area (Å²) in [5, 5.41) is 16.9. The Balaban J connectivity index is 1.91. The first-order valence-electron chi connectivity index (χ1n) is 10.2. The molecule has 1 heterocycles. The molecule has 0 fully saturated rings. The van der Waals surface area contributed by atoms with Gasteiger partial charge in [-0.3, -0.25) is 4.79 Å². The summed E-state index contributed by atoms with van der Waals surface area (Å²) in [5.74, 6) is -1.48. The second-order valence-corrected chi connectivity index (χ2v) is 9.51. The van der Waals surface area contributed by atoms with Gasteiger partial charge >= 0.3 is 5.97 Å². The molecule has 0 spiro atoms. The number of amides is 1. The van der Waals surface area contributed by atoms with Crippen LogP contribution in [-0.2, 0) is 14.3 Å². The van der Waals surface area contributed by atoms with Crippen LogP contribution in [0.1, 0.15) is 18.4 Å². The van der Waals surface area contributed by atoms with Gasteiger partial charge in [0, 0.05) is 20.9 Å². The van der Waals surface area contributed by atoms with Crippen molar-refractivity contribution in [1.29, 1.82) is 5.26 Å². The number of ether oxygens (including phenoxy) is 1. The Kier molecular flexibility index (Phi) is 8.99. The molecule has 34 heavy (non-hydrogen) atoms. The van der Waals surface area contributed by atoms with Crippen molar-refractivity contribution in [2.45, 2.75) is 12.8 Å².